The van der Waals surface area contributed by atoms with Crippen LogP contribution in [-0.2, 0) is 0 Å². The van der Waals surface area contributed by atoms with Crippen molar-refractivity contribution in [3.05, 3.63) is 212 Å². The predicted molar refractivity (Wildman–Crippen MR) is 231 cm³/mol. The van der Waals surface area contributed by atoms with Crippen molar-refractivity contribution in [1.82, 2.24) is 9.97 Å². The Bertz CT molecular complexity index is 3870. The third kappa shape index (κ3) is 6.29. The van der Waals surface area contributed by atoms with Gasteiger partial charge in [-0.05, 0) is 82.8 Å². The summed E-state index contributed by atoms with van der Waals surface area (Å²) in [6.07, 6.45) is 0. The zero-order valence-corrected chi connectivity index (χ0v) is 29.1. The van der Waals surface area contributed by atoms with E-state index in [0.717, 1.165) is 5.56 Å². The fourth-order valence-corrected chi connectivity index (χ4v) is 6.46. The van der Waals surface area contributed by atoms with Crippen molar-refractivity contribution in [3.63, 3.8) is 0 Å². The van der Waals surface area contributed by atoms with Crippen LogP contribution >= 0.6 is 0 Å². The number of furan rings is 1. The number of para-hydroxylation sites is 2. The topological polar surface area (TPSA) is 42.2 Å². The summed E-state index contributed by atoms with van der Waals surface area (Å²) in [5, 5.41) is 0.927. The van der Waals surface area contributed by atoms with Crippen LogP contribution in [0.5, 0.6) is 0 Å². The van der Waals surface area contributed by atoms with Gasteiger partial charge >= 0.3 is 0 Å². The van der Waals surface area contributed by atoms with Crippen molar-refractivity contribution in [2.45, 2.75) is 0 Å². The summed E-state index contributed by atoms with van der Waals surface area (Å²) in [7, 11) is 0. The second-order valence-corrected chi connectivity index (χ2v) is 12.4. The Morgan fingerprint density at radius 1 is 0.429 bits per heavy atom. The van der Waals surface area contributed by atoms with E-state index in [1.165, 1.54) is 0 Å². The molecule has 0 atom stereocenters. The summed E-state index contributed by atoms with van der Waals surface area (Å²) in [6.45, 7) is 0. The molecule has 264 valence electrons. The lowest BCUT2D eigenvalue weighted by atomic mass is 9.95. The Hall–Kier alpha value is -7.56. The van der Waals surface area contributed by atoms with Crippen LogP contribution in [0, 0.1) is 0 Å². The number of benzene rings is 8. The monoisotopic (exact) mass is 735 g/mol. The minimum Gasteiger partial charge on any atom is -0.456 e. The summed E-state index contributed by atoms with van der Waals surface area (Å²) in [5.41, 5.74) is -0.772. The highest BCUT2D eigenvalue weighted by Gasteiger charge is 2.19. The summed E-state index contributed by atoms with van der Waals surface area (Å²) < 4.78 is 168. The minimum atomic E-state index is -1.03. The van der Waals surface area contributed by atoms with Crippen molar-refractivity contribution < 1.29 is 29.1 Å². The van der Waals surface area contributed by atoms with Gasteiger partial charge in [-0.15, -0.1) is 0 Å². The fraction of sp³-hybridized carbons (Fsp3) is 0. The van der Waals surface area contributed by atoms with Gasteiger partial charge in [0.25, 0.3) is 0 Å². The van der Waals surface area contributed by atoms with Gasteiger partial charge in [-0.1, -0.05) is 151 Å². The molecule has 0 radical (unpaired) electrons. The fourth-order valence-electron chi connectivity index (χ4n) is 6.46. The molecular weight excluding hydrogens is 683 g/mol. The largest absolute Gasteiger partial charge is 0.456 e. The van der Waals surface area contributed by atoms with Crippen LogP contribution in [0.4, 0.5) is 17.1 Å². The molecule has 0 saturated heterocycles. The highest BCUT2D eigenvalue weighted by atomic mass is 16.3. The van der Waals surface area contributed by atoms with Gasteiger partial charge in [-0.2, -0.15) is 0 Å². The lowest BCUT2D eigenvalue weighted by molar-refractivity contribution is 0.669. The van der Waals surface area contributed by atoms with Crippen molar-refractivity contribution in [2.75, 3.05) is 4.90 Å². The van der Waals surface area contributed by atoms with Crippen LogP contribution in [0.3, 0.4) is 0 Å². The highest BCUT2D eigenvalue weighted by molar-refractivity contribution is 6.13. The molecule has 10 rings (SSSR count). The minimum absolute atomic E-state index is 0.138. The zero-order chi connectivity index (χ0) is 52.9. The Kier molecular flexibility index (Phi) is 4.91. The standard InChI is InChI=1S/C52H35N3O/c1-5-16-36(17-6-1)40-22-15-25-44(32-40)55(42-23-11-4-12-24-42)43-30-28-37(29-31-43)46-33-41(34-50-51(46)45-26-13-14-27-49(45)56-50)48-35-47(38-18-7-2-8-19-38)53-52(54-48)39-20-9-3-10-21-39/h1-35H/i1D,4D,5D,6D,11D,12D,15D,16D,17D,22D,23D,24D,25D,28D,29D,30D,31D,32D. The highest BCUT2D eigenvalue weighted by Crippen LogP contribution is 2.42. The molecule has 0 N–H and O–H groups in total. The summed E-state index contributed by atoms with van der Waals surface area (Å²) in [6, 6.07) is 14.4. The summed E-state index contributed by atoms with van der Waals surface area (Å²) in [5.74, 6) is 0.376. The Balaban J connectivity index is 1.30. The van der Waals surface area contributed by atoms with Crippen molar-refractivity contribution in [3.8, 4) is 56.2 Å². The van der Waals surface area contributed by atoms with Gasteiger partial charge in [0.1, 0.15) is 11.2 Å². The van der Waals surface area contributed by atoms with Gasteiger partial charge in [0.15, 0.2) is 5.82 Å². The molecule has 0 unspecified atom stereocenters. The summed E-state index contributed by atoms with van der Waals surface area (Å²) >= 11 is 0. The molecule has 8 aromatic carbocycles. The van der Waals surface area contributed by atoms with Gasteiger partial charge in [-0.25, -0.2) is 9.97 Å². The van der Waals surface area contributed by atoms with Gasteiger partial charge in [0.2, 0.25) is 0 Å². The van der Waals surface area contributed by atoms with Crippen LogP contribution in [0.25, 0.3) is 78.1 Å². The maximum absolute atomic E-state index is 9.80. The van der Waals surface area contributed by atoms with Crippen molar-refractivity contribution >= 4 is 39.0 Å². The maximum Gasteiger partial charge on any atom is 0.160 e. The average molecular weight is 736 g/mol. The first kappa shape index (κ1) is 19.2. The van der Waals surface area contributed by atoms with Crippen LogP contribution in [0.15, 0.2) is 216 Å². The SMILES string of the molecule is [2H]c1c([2H])c([2H])c(-c2c([2H])c([2H])c([2H])c(N(c3c([2H])c([2H])c([2H])c([2H])c3[2H])c3c([2H])c([2H])c(-c4cc(-c5cc(-c6ccccc6)nc(-c6ccccc6)n5)cc5oc6ccccc6c45)c([2H])c3[2H])c2[2H])c([2H])c1[2H]. The Morgan fingerprint density at radius 2 is 1.04 bits per heavy atom. The van der Waals surface area contributed by atoms with Crippen LogP contribution in [0.2, 0.25) is 0 Å². The molecule has 56 heavy (non-hydrogen) atoms. The molecule has 0 bridgehead atoms. The molecule has 10 aromatic rings. The van der Waals surface area contributed by atoms with E-state index >= 15 is 0 Å². The number of fused-ring (bicyclic) bond motifs is 3. The molecule has 0 spiro atoms. The van der Waals surface area contributed by atoms with E-state index in [9.17, 15) is 8.22 Å². The van der Waals surface area contributed by atoms with E-state index in [0.29, 0.717) is 49.6 Å². The molecule has 0 aliphatic heterocycles. The van der Waals surface area contributed by atoms with Gasteiger partial charge < -0.3 is 9.32 Å². The van der Waals surface area contributed by atoms with E-state index in [1.807, 2.05) is 60.7 Å². The van der Waals surface area contributed by atoms with Gasteiger partial charge in [0.05, 0.1) is 36.1 Å². The second kappa shape index (κ2) is 14.3. The van der Waals surface area contributed by atoms with E-state index in [2.05, 4.69) is 0 Å². The smallest absolute Gasteiger partial charge is 0.160 e. The van der Waals surface area contributed by atoms with Crippen molar-refractivity contribution in [2.24, 2.45) is 0 Å². The maximum atomic E-state index is 9.80. The van der Waals surface area contributed by atoms with E-state index in [1.54, 1.807) is 42.5 Å². The van der Waals surface area contributed by atoms with Gasteiger partial charge in [0, 0.05) is 44.5 Å². The zero-order valence-electron chi connectivity index (χ0n) is 47.1. The molecule has 0 amide bonds. The lowest BCUT2D eigenvalue weighted by Gasteiger charge is -2.26. The quantitative estimate of drug-likeness (QED) is 0.156. The number of nitrogens with zero attached hydrogens (tertiary/aromatic N) is 3. The van der Waals surface area contributed by atoms with E-state index in [-0.39, 0.29) is 16.7 Å². The van der Waals surface area contributed by atoms with Crippen LogP contribution in [0.1, 0.15) is 24.7 Å². The molecule has 0 fully saturated rings. The van der Waals surface area contributed by atoms with Crippen molar-refractivity contribution in [1.29, 1.82) is 0 Å². The van der Waals surface area contributed by atoms with E-state index < -0.39 is 137 Å². The first-order valence-corrected chi connectivity index (χ1v) is 17.4. The third-order valence-electron chi connectivity index (χ3n) is 9.00. The Labute approximate surface area is 350 Å². The second-order valence-electron chi connectivity index (χ2n) is 12.4. The van der Waals surface area contributed by atoms with Gasteiger partial charge in [-0.3, -0.25) is 0 Å². The molecule has 0 aliphatic carbocycles. The Morgan fingerprint density at radius 3 is 1.79 bits per heavy atom. The van der Waals surface area contributed by atoms with E-state index in [4.69, 9.17) is 30.8 Å². The number of hydrogen-bond donors (Lipinski definition) is 0. The number of hydrogen-bond acceptors (Lipinski definition) is 4. The third-order valence-corrected chi connectivity index (χ3v) is 9.00. The molecule has 2 heterocycles. The first-order chi connectivity index (χ1) is 35.2. The number of anilines is 3. The molecular formula is C52H35N3O. The molecule has 4 heteroatoms. The van der Waals surface area contributed by atoms with Crippen LogP contribution in [-0.4, -0.2) is 9.97 Å². The molecule has 0 saturated carbocycles. The van der Waals surface area contributed by atoms with Crippen LogP contribution < -0.4 is 4.90 Å². The first-order valence-electron chi connectivity index (χ1n) is 26.4. The lowest BCUT2D eigenvalue weighted by Crippen LogP contribution is -2.09. The average Bonchev–Trinajstić information content (AvgIpc) is 3.79. The number of rotatable bonds is 8. The normalized spacial score (nSPS) is 15.7. The predicted octanol–water partition coefficient (Wildman–Crippen LogP) is 14.2. The number of aromatic nitrogens is 2. The summed E-state index contributed by atoms with van der Waals surface area (Å²) in [4.78, 5) is 10.4. The molecule has 2 aromatic heterocycles. The molecule has 0 aliphatic rings. The molecule has 4 nitrogen and oxygen atoms in total.